The summed E-state index contributed by atoms with van der Waals surface area (Å²) < 4.78 is 0. The molecule has 0 saturated carbocycles. The Labute approximate surface area is 208 Å². The molecule has 3 nitrogen and oxygen atoms in total. The Morgan fingerprint density at radius 1 is 0.706 bits per heavy atom. The van der Waals surface area contributed by atoms with Crippen molar-refractivity contribution in [2.75, 3.05) is 6.26 Å². The van der Waals surface area contributed by atoms with Crippen molar-refractivity contribution in [3.8, 4) is 11.5 Å². The van der Waals surface area contributed by atoms with Gasteiger partial charge < -0.3 is 15.3 Å². The van der Waals surface area contributed by atoms with Gasteiger partial charge in [-0.3, -0.25) is 0 Å². The number of hydrogen-bond donors (Lipinski definition) is 3. The number of hydrogen-bond acceptors (Lipinski definition) is 4. The van der Waals surface area contributed by atoms with Crippen LogP contribution >= 0.6 is 11.8 Å². The quantitative estimate of drug-likeness (QED) is 0.310. The summed E-state index contributed by atoms with van der Waals surface area (Å²) in [6.45, 7) is 12.3. The van der Waals surface area contributed by atoms with E-state index in [0.29, 0.717) is 11.5 Å². The van der Waals surface area contributed by atoms with E-state index in [4.69, 9.17) is 0 Å². The van der Waals surface area contributed by atoms with E-state index in [1.54, 1.807) is 11.8 Å². The maximum absolute atomic E-state index is 10.8. The fourth-order valence-electron chi connectivity index (χ4n) is 4.93. The first-order valence-electron chi connectivity index (χ1n) is 12.0. The normalized spacial score (nSPS) is 13.2. The van der Waals surface area contributed by atoms with Crippen LogP contribution in [0.1, 0.15) is 76.4 Å². The lowest BCUT2D eigenvalue weighted by Crippen LogP contribution is -2.27. The van der Waals surface area contributed by atoms with Crippen molar-refractivity contribution in [1.82, 2.24) is 0 Å². The van der Waals surface area contributed by atoms with Gasteiger partial charge in [0.05, 0.1) is 6.61 Å². The Bertz CT molecular complexity index is 1150. The van der Waals surface area contributed by atoms with Crippen molar-refractivity contribution in [2.45, 2.75) is 72.2 Å². The molecule has 3 aromatic rings. The van der Waals surface area contributed by atoms with Crippen LogP contribution in [-0.2, 0) is 30.6 Å². The van der Waals surface area contributed by atoms with Crippen molar-refractivity contribution < 1.29 is 15.3 Å². The molecular weight excluding hydrogens is 440 g/mol. The Kier molecular flexibility index (Phi) is 8.05. The van der Waals surface area contributed by atoms with Crippen LogP contribution in [0, 0.1) is 20.8 Å². The fourth-order valence-corrected chi connectivity index (χ4v) is 5.54. The minimum absolute atomic E-state index is 0.0131. The molecule has 1 atom stereocenters. The molecular formula is C30H38O3S. The van der Waals surface area contributed by atoms with Crippen molar-refractivity contribution in [3.05, 3.63) is 92.0 Å². The predicted molar refractivity (Wildman–Crippen MR) is 144 cm³/mol. The van der Waals surface area contributed by atoms with Gasteiger partial charge >= 0.3 is 0 Å². The van der Waals surface area contributed by atoms with E-state index in [2.05, 4.69) is 70.3 Å². The minimum atomic E-state index is -0.546. The maximum atomic E-state index is 10.8. The van der Waals surface area contributed by atoms with Crippen LogP contribution < -0.4 is 0 Å². The first-order chi connectivity index (χ1) is 16.1. The van der Waals surface area contributed by atoms with Crippen molar-refractivity contribution in [2.24, 2.45) is 0 Å². The average molecular weight is 479 g/mol. The molecule has 0 saturated heterocycles. The number of aliphatic hydroxyl groups excluding tert-OH is 1. The van der Waals surface area contributed by atoms with Crippen LogP contribution in [0.5, 0.6) is 11.5 Å². The molecule has 0 spiro atoms. The third-order valence-electron chi connectivity index (χ3n) is 7.35. The minimum Gasteiger partial charge on any atom is -0.507 e. The molecule has 0 aliphatic heterocycles. The molecule has 3 N–H and O–H groups in total. The predicted octanol–water partition coefficient (Wildman–Crippen LogP) is 6.86. The first kappa shape index (κ1) is 26.2. The molecule has 3 rings (SSSR count). The van der Waals surface area contributed by atoms with Crippen molar-refractivity contribution in [3.63, 3.8) is 0 Å². The molecule has 0 radical (unpaired) electrons. The highest BCUT2D eigenvalue weighted by Crippen LogP contribution is 2.44. The Balaban J connectivity index is 2.46. The number of aliphatic hydroxyl groups is 1. The largest absolute Gasteiger partial charge is 0.507 e. The summed E-state index contributed by atoms with van der Waals surface area (Å²) in [5, 5.41) is 31.5. The zero-order valence-electron chi connectivity index (χ0n) is 21.5. The lowest BCUT2D eigenvalue weighted by atomic mass is 9.68. The highest BCUT2D eigenvalue weighted by molar-refractivity contribution is 7.97. The van der Waals surface area contributed by atoms with Gasteiger partial charge in [0.2, 0.25) is 0 Å². The number of thioether (sulfide) groups is 1. The topological polar surface area (TPSA) is 60.7 Å². The summed E-state index contributed by atoms with van der Waals surface area (Å²) in [5.41, 5.74) is 9.58. The van der Waals surface area contributed by atoms with Gasteiger partial charge in [-0.1, -0.05) is 50.2 Å². The van der Waals surface area contributed by atoms with E-state index in [1.165, 1.54) is 5.56 Å². The second-order valence-corrected chi connectivity index (χ2v) is 10.3. The van der Waals surface area contributed by atoms with Gasteiger partial charge in [0.1, 0.15) is 11.5 Å². The molecule has 1 unspecified atom stereocenters. The zero-order chi connectivity index (χ0) is 25.2. The van der Waals surface area contributed by atoms with E-state index < -0.39 is 5.41 Å². The average Bonchev–Trinajstić information content (AvgIpc) is 2.83. The zero-order valence-corrected chi connectivity index (χ0v) is 22.4. The molecule has 0 amide bonds. The smallest absolute Gasteiger partial charge is 0.121 e. The second-order valence-electron chi connectivity index (χ2n) is 9.44. The highest BCUT2D eigenvalue weighted by atomic mass is 32.2. The summed E-state index contributed by atoms with van der Waals surface area (Å²) >= 11 is 1.77. The molecule has 0 aromatic heterocycles. The van der Waals surface area contributed by atoms with E-state index in [9.17, 15) is 15.3 Å². The van der Waals surface area contributed by atoms with E-state index in [1.807, 2.05) is 13.8 Å². The first-order valence-corrected chi connectivity index (χ1v) is 13.4. The van der Waals surface area contributed by atoms with Gasteiger partial charge in [-0.2, -0.15) is 11.8 Å². The van der Waals surface area contributed by atoms with Gasteiger partial charge in [0.15, 0.2) is 0 Å². The van der Waals surface area contributed by atoms with Crippen LogP contribution in [0.4, 0.5) is 0 Å². The summed E-state index contributed by atoms with van der Waals surface area (Å²) in [5.74, 6) is 1.58. The van der Waals surface area contributed by atoms with Crippen LogP contribution in [0.15, 0.2) is 36.4 Å². The molecule has 34 heavy (non-hydrogen) atoms. The summed E-state index contributed by atoms with van der Waals surface area (Å²) in [6, 6.07) is 12.8. The van der Waals surface area contributed by atoms with E-state index in [0.717, 1.165) is 68.7 Å². The Morgan fingerprint density at radius 3 is 1.59 bits per heavy atom. The molecule has 4 heteroatoms. The molecule has 0 fully saturated rings. The standard InChI is InChI=1S/C30H38O3S/c1-8-21-12-26(13-22(9-2)29(21)33)30(6,25-10-18(3)28(32)19(4)11-25)27-14-23(16-31)20(5)24(15-27)17-34-7/h10-15,31-33H,8-9,16-17H2,1-7H3. The number of rotatable bonds is 8. The summed E-state index contributed by atoms with van der Waals surface area (Å²) in [6.07, 6.45) is 3.57. The number of phenolic OH excluding ortho intramolecular Hbond substituents is 2. The molecule has 0 heterocycles. The lowest BCUT2D eigenvalue weighted by Gasteiger charge is -2.35. The monoisotopic (exact) mass is 478 g/mol. The Hall–Kier alpha value is -2.43. The molecule has 0 aliphatic rings. The van der Waals surface area contributed by atoms with Crippen LogP contribution in [0.3, 0.4) is 0 Å². The van der Waals surface area contributed by atoms with Gasteiger partial charge in [0.25, 0.3) is 0 Å². The fraction of sp³-hybridized carbons (Fsp3) is 0.400. The van der Waals surface area contributed by atoms with E-state index >= 15 is 0 Å². The van der Waals surface area contributed by atoms with Crippen molar-refractivity contribution >= 4 is 11.8 Å². The highest BCUT2D eigenvalue weighted by Gasteiger charge is 2.34. The lowest BCUT2D eigenvalue weighted by molar-refractivity contribution is 0.280. The number of benzene rings is 3. The second kappa shape index (κ2) is 10.5. The van der Waals surface area contributed by atoms with Gasteiger partial charge in [0, 0.05) is 11.2 Å². The third kappa shape index (κ3) is 4.58. The maximum Gasteiger partial charge on any atom is 0.121 e. The van der Waals surface area contributed by atoms with Gasteiger partial charge in [-0.15, -0.1) is 0 Å². The van der Waals surface area contributed by atoms with Crippen LogP contribution in [0.2, 0.25) is 0 Å². The molecule has 0 bridgehead atoms. The number of aromatic hydroxyl groups is 2. The molecule has 0 aliphatic carbocycles. The molecule has 182 valence electrons. The number of phenols is 2. The van der Waals surface area contributed by atoms with E-state index in [-0.39, 0.29) is 6.61 Å². The van der Waals surface area contributed by atoms with Gasteiger partial charge in [-0.25, -0.2) is 0 Å². The SMILES string of the molecule is CCc1cc(C(C)(c2cc(C)c(O)c(C)c2)c2cc(CO)c(C)c(CSC)c2)cc(CC)c1O. The Morgan fingerprint density at radius 2 is 1.15 bits per heavy atom. The van der Waals surface area contributed by atoms with Crippen LogP contribution in [-0.4, -0.2) is 21.6 Å². The number of aryl methyl sites for hydroxylation is 4. The molecule has 3 aromatic carbocycles. The summed E-state index contributed by atoms with van der Waals surface area (Å²) in [7, 11) is 0. The summed E-state index contributed by atoms with van der Waals surface area (Å²) in [4.78, 5) is 0. The van der Waals surface area contributed by atoms with Crippen molar-refractivity contribution in [1.29, 1.82) is 0 Å². The van der Waals surface area contributed by atoms with Gasteiger partial charge in [-0.05, 0) is 102 Å². The third-order valence-corrected chi connectivity index (χ3v) is 7.95. The van der Waals surface area contributed by atoms with Crippen LogP contribution in [0.25, 0.3) is 0 Å².